The molecule has 0 fully saturated rings. The van der Waals surface area contributed by atoms with Crippen LogP contribution >= 0.6 is 0 Å². The zero-order valence-electron chi connectivity index (χ0n) is 13.7. The molecule has 0 bridgehead atoms. The highest BCUT2D eigenvalue weighted by Crippen LogP contribution is 2.32. The van der Waals surface area contributed by atoms with Crippen molar-refractivity contribution in [2.24, 2.45) is 0 Å². The lowest BCUT2D eigenvalue weighted by atomic mass is 9.99. The fourth-order valence-electron chi connectivity index (χ4n) is 3.02. The molecule has 0 aliphatic carbocycles. The Kier molecular flexibility index (Phi) is 3.96. The molecule has 4 heteroatoms. The zero-order valence-corrected chi connectivity index (χ0v) is 13.7. The Bertz CT molecular complexity index is 1040. The fraction of sp³-hybridized carbons (Fsp3) is 0.0455. The van der Waals surface area contributed by atoms with Crippen LogP contribution < -0.4 is 0 Å². The van der Waals surface area contributed by atoms with Crippen molar-refractivity contribution in [2.75, 3.05) is 0 Å². The van der Waals surface area contributed by atoms with Gasteiger partial charge >= 0.3 is 6.18 Å². The molecule has 0 saturated carbocycles. The second kappa shape index (κ2) is 6.30. The summed E-state index contributed by atoms with van der Waals surface area (Å²) >= 11 is 0. The third-order valence-corrected chi connectivity index (χ3v) is 4.38. The van der Waals surface area contributed by atoms with Gasteiger partial charge < -0.3 is 0 Å². The third kappa shape index (κ3) is 3.06. The van der Waals surface area contributed by atoms with Gasteiger partial charge in [0.25, 0.3) is 0 Å². The number of benzene rings is 3. The number of halogens is 3. The lowest BCUT2D eigenvalue weighted by Crippen LogP contribution is -2.03. The number of hydrogen-bond acceptors (Lipinski definition) is 1. The molecule has 0 unspecified atom stereocenters. The van der Waals surface area contributed by atoms with E-state index in [0.717, 1.165) is 45.3 Å². The zero-order chi connectivity index (χ0) is 18.1. The second-order valence-corrected chi connectivity index (χ2v) is 6.03. The van der Waals surface area contributed by atoms with Crippen LogP contribution in [0.3, 0.4) is 0 Å². The summed E-state index contributed by atoms with van der Waals surface area (Å²) in [5, 5.41) is 2.18. The SMILES string of the molecule is FC(F)(F)c1ccc(-c2ccc(-c3nccc4ccccc34)cc2)cc1. The first-order valence-corrected chi connectivity index (χ1v) is 8.14. The van der Waals surface area contributed by atoms with Crippen molar-refractivity contribution in [1.82, 2.24) is 4.98 Å². The van der Waals surface area contributed by atoms with E-state index in [4.69, 9.17) is 0 Å². The molecular weight excluding hydrogens is 335 g/mol. The minimum Gasteiger partial charge on any atom is -0.256 e. The molecule has 0 amide bonds. The van der Waals surface area contributed by atoms with Crippen LogP contribution in [0.2, 0.25) is 0 Å². The van der Waals surface area contributed by atoms with Crippen LogP contribution in [0.5, 0.6) is 0 Å². The molecule has 4 rings (SSSR count). The van der Waals surface area contributed by atoms with Gasteiger partial charge in [0, 0.05) is 17.1 Å². The number of fused-ring (bicyclic) bond motifs is 1. The lowest BCUT2D eigenvalue weighted by Gasteiger charge is -2.09. The summed E-state index contributed by atoms with van der Waals surface area (Å²) in [5.41, 5.74) is 2.83. The Hall–Kier alpha value is -3.14. The molecule has 128 valence electrons. The summed E-state index contributed by atoms with van der Waals surface area (Å²) in [7, 11) is 0. The van der Waals surface area contributed by atoms with E-state index in [0.29, 0.717) is 0 Å². The second-order valence-electron chi connectivity index (χ2n) is 6.03. The van der Waals surface area contributed by atoms with Crippen molar-refractivity contribution in [2.45, 2.75) is 6.18 Å². The van der Waals surface area contributed by atoms with Crippen molar-refractivity contribution < 1.29 is 13.2 Å². The number of pyridine rings is 1. The first kappa shape index (κ1) is 16.3. The van der Waals surface area contributed by atoms with Crippen LogP contribution in [-0.2, 0) is 6.18 Å². The van der Waals surface area contributed by atoms with E-state index < -0.39 is 11.7 Å². The van der Waals surface area contributed by atoms with E-state index in [9.17, 15) is 13.2 Å². The first-order chi connectivity index (χ1) is 12.5. The lowest BCUT2D eigenvalue weighted by molar-refractivity contribution is -0.137. The van der Waals surface area contributed by atoms with Gasteiger partial charge in [0.05, 0.1) is 11.3 Å². The van der Waals surface area contributed by atoms with Crippen LogP contribution in [0.15, 0.2) is 85.1 Å². The summed E-state index contributed by atoms with van der Waals surface area (Å²) in [6.45, 7) is 0. The summed E-state index contributed by atoms with van der Waals surface area (Å²) in [6, 6.07) is 22.9. The van der Waals surface area contributed by atoms with Crippen LogP contribution in [0, 0.1) is 0 Å². The standard InChI is InChI=1S/C22H14F3N/c23-22(24,25)19-11-9-16(10-12-19)15-5-7-18(8-6-15)21-20-4-2-1-3-17(20)13-14-26-21/h1-14H. The van der Waals surface area contributed by atoms with Gasteiger partial charge in [-0.05, 0) is 34.7 Å². The van der Waals surface area contributed by atoms with Gasteiger partial charge in [0.15, 0.2) is 0 Å². The summed E-state index contributed by atoms with van der Waals surface area (Å²) in [5.74, 6) is 0. The maximum absolute atomic E-state index is 12.7. The van der Waals surface area contributed by atoms with E-state index >= 15 is 0 Å². The number of rotatable bonds is 2. The monoisotopic (exact) mass is 349 g/mol. The van der Waals surface area contributed by atoms with Crippen molar-refractivity contribution >= 4 is 10.8 Å². The number of nitrogens with zero attached hydrogens (tertiary/aromatic N) is 1. The van der Waals surface area contributed by atoms with Crippen LogP contribution in [-0.4, -0.2) is 4.98 Å². The van der Waals surface area contributed by atoms with E-state index in [1.807, 2.05) is 54.6 Å². The van der Waals surface area contributed by atoms with Gasteiger partial charge in [-0.25, -0.2) is 0 Å². The molecule has 0 N–H and O–H groups in total. The normalized spacial score (nSPS) is 11.7. The van der Waals surface area contributed by atoms with Gasteiger partial charge in [-0.2, -0.15) is 13.2 Å². The summed E-state index contributed by atoms with van der Waals surface area (Å²) < 4.78 is 38.1. The smallest absolute Gasteiger partial charge is 0.256 e. The summed E-state index contributed by atoms with van der Waals surface area (Å²) in [6.07, 6.45) is -2.54. The number of alkyl halides is 3. The Balaban J connectivity index is 1.69. The average Bonchev–Trinajstić information content (AvgIpc) is 2.67. The minimum atomic E-state index is -4.32. The Morgan fingerprint density at radius 3 is 1.85 bits per heavy atom. The van der Waals surface area contributed by atoms with Crippen molar-refractivity contribution in [3.8, 4) is 22.4 Å². The molecule has 0 radical (unpaired) electrons. The molecule has 3 aromatic carbocycles. The van der Waals surface area contributed by atoms with Crippen LogP contribution in [0.25, 0.3) is 33.2 Å². The molecule has 0 spiro atoms. The third-order valence-electron chi connectivity index (χ3n) is 4.38. The Morgan fingerprint density at radius 1 is 0.615 bits per heavy atom. The van der Waals surface area contributed by atoms with E-state index in [1.165, 1.54) is 12.1 Å². The predicted octanol–water partition coefficient (Wildman–Crippen LogP) is 6.59. The molecule has 0 aliphatic heterocycles. The maximum atomic E-state index is 12.7. The molecular formula is C22H14F3N. The van der Waals surface area contributed by atoms with Crippen LogP contribution in [0.1, 0.15) is 5.56 Å². The molecule has 4 aromatic rings. The topological polar surface area (TPSA) is 12.9 Å². The van der Waals surface area contributed by atoms with Crippen molar-refractivity contribution in [3.63, 3.8) is 0 Å². The van der Waals surface area contributed by atoms with E-state index in [2.05, 4.69) is 4.98 Å². The summed E-state index contributed by atoms with van der Waals surface area (Å²) in [4.78, 5) is 4.49. The molecule has 26 heavy (non-hydrogen) atoms. The highest BCUT2D eigenvalue weighted by atomic mass is 19.4. The molecule has 1 aromatic heterocycles. The van der Waals surface area contributed by atoms with Crippen molar-refractivity contribution in [3.05, 3.63) is 90.6 Å². The van der Waals surface area contributed by atoms with Gasteiger partial charge in [0.2, 0.25) is 0 Å². The molecule has 1 nitrogen and oxygen atoms in total. The number of aromatic nitrogens is 1. The van der Waals surface area contributed by atoms with Gasteiger partial charge in [-0.1, -0.05) is 60.7 Å². The largest absolute Gasteiger partial charge is 0.416 e. The molecule has 1 heterocycles. The average molecular weight is 349 g/mol. The first-order valence-electron chi connectivity index (χ1n) is 8.14. The minimum absolute atomic E-state index is 0.641. The van der Waals surface area contributed by atoms with Gasteiger partial charge in [-0.15, -0.1) is 0 Å². The van der Waals surface area contributed by atoms with Gasteiger partial charge in [-0.3, -0.25) is 4.98 Å². The maximum Gasteiger partial charge on any atom is 0.416 e. The van der Waals surface area contributed by atoms with Crippen molar-refractivity contribution in [1.29, 1.82) is 0 Å². The molecule has 0 aliphatic rings. The van der Waals surface area contributed by atoms with Gasteiger partial charge in [0.1, 0.15) is 0 Å². The Labute approximate surface area is 148 Å². The fourth-order valence-corrected chi connectivity index (χ4v) is 3.02. The van der Waals surface area contributed by atoms with E-state index in [1.54, 1.807) is 6.20 Å². The quantitative estimate of drug-likeness (QED) is 0.398. The van der Waals surface area contributed by atoms with Crippen LogP contribution in [0.4, 0.5) is 13.2 Å². The number of hydrogen-bond donors (Lipinski definition) is 0. The molecule has 0 atom stereocenters. The van der Waals surface area contributed by atoms with E-state index in [-0.39, 0.29) is 0 Å². The highest BCUT2D eigenvalue weighted by molar-refractivity contribution is 5.94. The molecule has 0 saturated heterocycles. The Morgan fingerprint density at radius 2 is 1.19 bits per heavy atom. The predicted molar refractivity (Wildman–Crippen MR) is 97.6 cm³/mol. The highest BCUT2D eigenvalue weighted by Gasteiger charge is 2.29.